The van der Waals surface area contributed by atoms with Crippen LogP contribution in [0.15, 0.2) is 45.3 Å². The number of ether oxygens (including phenoxy) is 1. The first kappa shape index (κ1) is 14.6. The average molecular weight is 409 g/mol. The standard InChI is InChI=1S/C16H11Br2NO2/c17-11-7-12(18)16(20)10-6-13(9-4-2-1-3-5-9)21-14(8-19)15(10)11/h1-5,7,13-14,20H,6H2/t13-,14-/m0/s1. The summed E-state index contributed by atoms with van der Waals surface area (Å²) < 4.78 is 7.28. The van der Waals surface area contributed by atoms with E-state index in [4.69, 9.17) is 4.74 Å². The zero-order valence-electron chi connectivity index (χ0n) is 10.9. The van der Waals surface area contributed by atoms with Gasteiger partial charge in [0.15, 0.2) is 6.10 Å². The van der Waals surface area contributed by atoms with Crippen LogP contribution >= 0.6 is 31.9 Å². The third kappa shape index (κ3) is 2.59. The molecule has 0 spiro atoms. The Labute approximate surface area is 139 Å². The summed E-state index contributed by atoms with van der Waals surface area (Å²) in [6.07, 6.45) is -0.413. The number of fused-ring (bicyclic) bond motifs is 1. The van der Waals surface area contributed by atoms with Gasteiger partial charge in [0.05, 0.1) is 16.6 Å². The van der Waals surface area contributed by atoms with Crippen LogP contribution in [0.1, 0.15) is 28.9 Å². The van der Waals surface area contributed by atoms with Gasteiger partial charge < -0.3 is 9.84 Å². The summed E-state index contributed by atoms with van der Waals surface area (Å²) >= 11 is 6.79. The normalized spacial score (nSPS) is 20.6. The number of phenols is 1. The Morgan fingerprint density at radius 2 is 1.90 bits per heavy atom. The molecule has 1 aliphatic heterocycles. The van der Waals surface area contributed by atoms with Crippen LogP contribution < -0.4 is 0 Å². The van der Waals surface area contributed by atoms with Gasteiger partial charge in [-0.2, -0.15) is 5.26 Å². The van der Waals surface area contributed by atoms with Crippen LogP contribution in [0, 0.1) is 11.3 Å². The predicted octanol–water partition coefficient (Wildman–Crippen LogP) is 4.80. The van der Waals surface area contributed by atoms with E-state index in [1.165, 1.54) is 0 Å². The van der Waals surface area contributed by atoms with E-state index in [1.54, 1.807) is 6.07 Å². The molecule has 0 radical (unpaired) electrons. The molecule has 2 aromatic rings. The van der Waals surface area contributed by atoms with Gasteiger partial charge in [-0.1, -0.05) is 46.3 Å². The summed E-state index contributed by atoms with van der Waals surface area (Å²) in [6, 6.07) is 13.7. The van der Waals surface area contributed by atoms with Crippen molar-refractivity contribution in [3.8, 4) is 11.8 Å². The molecule has 5 heteroatoms. The van der Waals surface area contributed by atoms with E-state index in [0.717, 1.165) is 15.6 Å². The van der Waals surface area contributed by atoms with Crippen molar-refractivity contribution >= 4 is 31.9 Å². The number of hydrogen-bond donors (Lipinski definition) is 1. The molecule has 1 aliphatic rings. The van der Waals surface area contributed by atoms with E-state index in [0.29, 0.717) is 16.5 Å². The fourth-order valence-electron chi connectivity index (χ4n) is 2.59. The first-order valence-corrected chi connectivity index (χ1v) is 8.00. The number of benzene rings is 2. The molecule has 1 N–H and O–H groups in total. The monoisotopic (exact) mass is 407 g/mol. The molecule has 3 nitrogen and oxygen atoms in total. The highest BCUT2D eigenvalue weighted by Gasteiger charge is 2.33. The van der Waals surface area contributed by atoms with Gasteiger partial charge in [-0.25, -0.2) is 0 Å². The average Bonchev–Trinajstić information content (AvgIpc) is 2.52. The smallest absolute Gasteiger partial charge is 0.171 e. The van der Waals surface area contributed by atoms with Crippen LogP contribution in [0.3, 0.4) is 0 Å². The first-order valence-electron chi connectivity index (χ1n) is 6.41. The summed E-state index contributed by atoms with van der Waals surface area (Å²) in [5.74, 6) is 0.178. The number of hydrogen-bond acceptors (Lipinski definition) is 3. The lowest BCUT2D eigenvalue weighted by Crippen LogP contribution is -2.20. The number of nitrogens with zero attached hydrogens (tertiary/aromatic N) is 1. The molecule has 3 rings (SSSR count). The van der Waals surface area contributed by atoms with Gasteiger partial charge in [0.25, 0.3) is 0 Å². The van der Waals surface area contributed by atoms with Gasteiger partial charge in [-0.15, -0.1) is 0 Å². The Kier molecular flexibility index (Phi) is 4.03. The maximum Gasteiger partial charge on any atom is 0.171 e. The molecule has 21 heavy (non-hydrogen) atoms. The lowest BCUT2D eigenvalue weighted by Gasteiger charge is -2.30. The van der Waals surface area contributed by atoms with E-state index < -0.39 is 6.10 Å². The highest BCUT2D eigenvalue weighted by atomic mass is 79.9. The van der Waals surface area contributed by atoms with E-state index >= 15 is 0 Å². The van der Waals surface area contributed by atoms with Crippen molar-refractivity contribution in [2.45, 2.75) is 18.6 Å². The summed E-state index contributed by atoms with van der Waals surface area (Å²) in [4.78, 5) is 0. The SMILES string of the molecule is N#C[C@@H]1O[C@H](c2ccccc2)Cc2c(O)c(Br)cc(Br)c21. The lowest BCUT2D eigenvalue weighted by atomic mass is 9.91. The van der Waals surface area contributed by atoms with Gasteiger partial charge >= 0.3 is 0 Å². The minimum absolute atomic E-state index is 0.178. The van der Waals surface area contributed by atoms with Crippen molar-refractivity contribution in [1.82, 2.24) is 0 Å². The second-order valence-corrected chi connectivity index (χ2v) is 6.54. The Bertz CT molecular complexity index is 725. The highest BCUT2D eigenvalue weighted by molar-refractivity contribution is 9.11. The number of nitriles is 1. The third-order valence-corrected chi connectivity index (χ3v) is 4.85. The molecule has 0 bridgehead atoms. The molecule has 0 aromatic heterocycles. The lowest BCUT2D eigenvalue weighted by molar-refractivity contribution is 0.00146. The van der Waals surface area contributed by atoms with Crippen LogP contribution in [0.25, 0.3) is 0 Å². The Balaban J connectivity index is 2.11. The van der Waals surface area contributed by atoms with Gasteiger partial charge in [0.2, 0.25) is 0 Å². The minimum Gasteiger partial charge on any atom is -0.506 e. The van der Waals surface area contributed by atoms with Crippen LogP contribution in [-0.4, -0.2) is 5.11 Å². The van der Waals surface area contributed by atoms with Crippen molar-refractivity contribution in [2.24, 2.45) is 0 Å². The second kappa shape index (κ2) is 5.80. The van der Waals surface area contributed by atoms with Crippen LogP contribution in [0.2, 0.25) is 0 Å². The molecular formula is C16H11Br2NO2. The molecule has 0 saturated carbocycles. The first-order chi connectivity index (χ1) is 10.1. The maximum absolute atomic E-state index is 10.3. The molecule has 106 valence electrons. The van der Waals surface area contributed by atoms with Crippen molar-refractivity contribution in [3.63, 3.8) is 0 Å². The Hall–Kier alpha value is -1.35. The van der Waals surface area contributed by atoms with E-state index in [-0.39, 0.29) is 11.9 Å². The number of phenolic OH excluding ortho intramolecular Hbond substituents is 1. The van der Waals surface area contributed by atoms with Crippen LogP contribution in [-0.2, 0) is 11.2 Å². The van der Waals surface area contributed by atoms with Crippen molar-refractivity contribution < 1.29 is 9.84 Å². The summed E-state index contributed by atoms with van der Waals surface area (Å²) in [6.45, 7) is 0. The minimum atomic E-state index is -0.702. The van der Waals surface area contributed by atoms with E-state index in [9.17, 15) is 10.4 Å². The van der Waals surface area contributed by atoms with Gasteiger partial charge in [-0.05, 0) is 27.6 Å². The molecule has 0 unspecified atom stereocenters. The summed E-state index contributed by atoms with van der Waals surface area (Å²) in [5.41, 5.74) is 2.46. The summed E-state index contributed by atoms with van der Waals surface area (Å²) in [7, 11) is 0. The van der Waals surface area contributed by atoms with Crippen LogP contribution in [0.5, 0.6) is 5.75 Å². The third-order valence-electron chi connectivity index (χ3n) is 3.59. The number of halogens is 2. The summed E-state index contributed by atoms with van der Waals surface area (Å²) in [5, 5.41) is 19.7. The number of rotatable bonds is 1. The molecule has 0 aliphatic carbocycles. The molecule has 2 atom stereocenters. The second-order valence-electron chi connectivity index (χ2n) is 4.83. The molecule has 0 amide bonds. The largest absolute Gasteiger partial charge is 0.506 e. The van der Waals surface area contributed by atoms with E-state index in [2.05, 4.69) is 37.9 Å². The Morgan fingerprint density at radius 3 is 2.57 bits per heavy atom. The molecule has 0 saturated heterocycles. The maximum atomic E-state index is 10.3. The van der Waals surface area contributed by atoms with Gasteiger partial charge in [0.1, 0.15) is 5.75 Å². The Morgan fingerprint density at radius 1 is 1.19 bits per heavy atom. The zero-order chi connectivity index (χ0) is 15.0. The topological polar surface area (TPSA) is 53.2 Å². The fourth-order valence-corrected chi connectivity index (χ4v) is 4.04. The van der Waals surface area contributed by atoms with Crippen molar-refractivity contribution in [2.75, 3.05) is 0 Å². The predicted molar refractivity (Wildman–Crippen MR) is 85.8 cm³/mol. The van der Waals surface area contributed by atoms with Gasteiger partial charge in [0, 0.05) is 22.0 Å². The van der Waals surface area contributed by atoms with Crippen molar-refractivity contribution in [3.05, 3.63) is 62.0 Å². The molecular weight excluding hydrogens is 398 g/mol. The zero-order valence-corrected chi connectivity index (χ0v) is 14.1. The molecule has 2 aromatic carbocycles. The van der Waals surface area contributed by atoms with E-state index in [1.807, 2.05) is 30.3 Å². The van der Waals surface area contributed by atoms with Crippen LogP contribution in [0.4, 0.5) is 0 Å². The van der Waals surface area contributed by atoms with Gasteiger partial charge in [-0.3, -0.25) is 0 Å². The van der Waals surface area contributed by atoms with Crippen molar-refractivity contribution in [1.29, 1.82) is 5.26 Å². The fraction of sp³-hybridized carbons (Fsp3) is 0.188. The highest BCUT2D eigenvalue weighted by Crippen LogP contribution is 2.46. The molecule has 0 fully saturated rings. The molecule has 1 heterocycles. The quantitative estimate of drug-likeness (QED) is 0.737. The number of aromatic hydroxyl groups is 1.